The van der Waals surface area contributed by atoms with Gasteiger partial charge in [-0.15, -0.1) is 11.3 Å². The van der Waals surface area contributed by atoms with Crippen LogP contribution in [0.4, 0.5) is 0 Å². The molecule has 0 amide bonds. The summed E-state index contributed by atoms with van der Waals surface area (Å²) in [6.45, 7) is 6.51. The molecular weight excluding hydrogens is 212 g/mol. The molecule has 0 aliphatic carbocycles. The molecule has 78 valence electrons. The highest BCUT2D eigenvalue weighted by Crippen LogP contribution is 2.20. The van der Waals surface area contributed by atoms with Gasteiger partial charge in [-0.3, -0.25) is 0 Å². The first-order chi connectivity index (χ1) is 6.49. The average molecular weight is 228 g/mol. The van der Waals surface area contributed by atoms with Gasteiger partial charge in [-0.25, -0.2) is 4.98 Å². The first-order valence-electron chi connectivity index (χ1n) is 4.72. The van der Waals surface area contributed by atoms with Crippen molar-refractivity contribution < 1.29 is 0 Å². The van der Waals surface area contributed by atoms with Crippen molar-refractivity contribution in [1.82, 2.24) is 4.98 Å². The lowest BCUT2D eigenvalue weighted by atomic mass is 10.1. The Morgan fingerprint density at radius 1 is 1.57 bits per heavy atom. The smallest absolute Gasteiger partial charge is 0.0998 e. The zero-order chi connectivity index (χ0) is 10.7. The summed E-state index contributed by atoms with van der Waals surface area (Å²) in [6.07, 6.45) is 1.68. The van der Waals surface area contributed by atoms with E-state index in [2.05, 4.69) is 25.8 Å². The number of hydrogen-bond acceptors (Lipinski definition) is 3. The lowest BCUT2D eigenvalue weighted by Gasteiger charge is -2.00. The van der Waals surface area contributed by atoms with Gasteiger partial charge >= 0.3 is 0 Å². The quantitative estimate of drug-likeness (QED) is 0.805. The van der Waals surface area contributed by atoms with Crippen LogP contribution in [0.5, 0.6) is 0 Å². The number of aromatic nitrogens is 1. The Bertz CT molecular complexity index is 329. The summed E-state index contributed by atoms with van der Waals surface area (Å²) < 4.78 is 0. The third-order valence-corrected chi connectivity index (χ3v) is 3.02. The molecule has 2 nitrogen and oxygen atoms in total. The highest BCUT2D eigenvalue weighted by Gasteiger charge is 2.09. The third kappa shape index (κ3) is 3.35. The van der Waals surface area contributed by atoms with Gasteiger partial charge in [0, 0.05) is 11.3 Å². The van der Waals surface area contributed by atoms with Gasteiger partial charge in [-0.1, -0.05) is 26.1 Å². The van der Waals surface area contributed by atoms with Gasteiger partial charge in [0.2, 0.25) is 0 Å². The van der Waals surface area contributed by atoms with E-state index in [0.717, 1.165) is 11.4 Å². The Hall–Kier alpha value is -0.480. The fourth-order valence-electron chi connectivity index (χ4n) is 1.29. The number of nitrogens with two attached hydrogens (primary N) is 1. The van der Waals surface area contributed by atoms with Crippen LogP contribution >= 0.6 is 23.6 Å². The second-order valence-electron chi connectivity index (χ2n) is 3.85. The number of thiazole rings is 1. The van der Waals surface area contributed by atoms with Crippen LogP contribution in [-0.2, 0) is 12.8 Å². The molecule has 1 aromatic rings. The van der Waals surface area contributed by atoms with Crippen molar-refractivity contribution >= 4 is 28.5 Å². The second kappa shape index (κ2) is 4.84. The van der Waals surface area contributed by atoms with Gasteiger partial charge in [-0.05, 0) is 19.3 Å². The molecule has 2 N–H and O–H groups in total. The first kappa shape index (κ1) is 11.6. The second-order valence-corrected chi connectivity index (χ2v) is 5.66. The molecule has 0 bridgehead atoms. The van der Waals surface area contributed by atoms with Crippen LogP contribution in [0.2, 0.25) is 0 Å². The number of thiocarbonyl (C=S) groups is 1. The third-order valence-electron chi connectivity index (χ3n) is 1.86. The Kier molecular flexibility index (Phi) is 4.01. The van der Waals surface area contributed by atoms with Crippen molar-refractivity contribution in [3.63, 3.8) is 0 Å². The molecular formula is C10H16N2S2. The van der Waals surface area contributed by atoms with Gasteiger partial charge in [0.05, 0.1) is 15.7 Å². The van der Waals surface area contributed by atoms with Crippen LogP contribution < -0.4 is 5.73 Å². The highest BCUT2D eigenvalue weighted by molar-refractivity contribution is 7.80. The summed E-state index contributed by atoms with van der Waals surface area (Å²) in [7, 11) is 0. The summed E-state index contributed by atoms with van der Waals surface area (Å²) >= 11 is 6.57. The van der Waals surface area contributed by atoms with Crippen LogP contribution in [0.1, 0.15) is 29.4 Å². The van der Waals surface area contributed by atoms with E-state index in [9.17, 15) is 0 Å². The van der Waals surface area contributed by atoms with Crippen molar-refractivity contribution in [1.29, 1.82) is 0 Å². The van der Waals surface area contributed by atoms with E-state index in [-0.39, 0.29) is 0 Å². The molecule has 1 aromatic heterocycles. The van der Waals surface area contributed by atoms with E-state index in [1.54, 1.807) is 11.3 Å². The van der Waals surface area contributed by atoms with Crippen LogP contribution in [0.25, 0.3) is 0 Å². The van der Waals surface area contributed by atoms with E-state index < -0.39 is 0 Å². The zero-order valence-electron chi connectivity index (χ0n) is 8.83. The van der Waals surface area contributed by atoms with Crippen molar-refractivity contribution in [2.45, 2.75) is 33.6 Å². The first-order valence-corrected chi connectivity index (χ1v) is 5.95. The minimum absolute atomic E-state index is 0.523. The Morgan fingerprint density at radius 3 is 2.71 bits per heavy atom. The normalized spacial score (nSPS) is 10.9. The van der Waals surface area contributed by atoms with Gasteiger partial charge < -0.3 is 5.73 Å². The molecule has 0 aliphatic heterocycles. The highest BCUT2D eigenvalue weighted by atomic mass is 32.1. The topological polar surface area (TPSA) is 38.9 Å². The average Bonchev–Trinajstić information content (AvgIpc) is 2.28. The van der Waals surface area contributed by atoms with Crippen molar-refractivity contribution in [3.05, 3.63) is 15.6 Å². The van der Waals surface area contributed by atoms with Crippen molar-refractivity contribution in [3.8, 4) is 0 Å². The fourth-order valence-corrected chi connectivity index (χ4v) is 2.50. The molecule has 0 saturated carbocycles. The lowest BCUT2D eigenvalue weighted by Crippen LogP contribution is -2.10. The van der Waals surface area contributed by atoms with E-state index in [1.807, 2.05) is 0 Å². The molecule has 0 unspecified atom stereocenters. The molecule has 0 atom stereocenters. The van der Waals surface area contributed by atoms with E-state index in [0.29, 0.717) is 17.3 Å². The van der Waals surface area contributed by atoms with Crippen molar-refractivity contribution in [2.75, 3.05) is 0 Å². The summed E-state index contributed by atoms with van der Waals surface area (Å²) in [6, 6.07) is 0. The van der Waals surface area contributed by atoms with Crippen LogP contribution in [-0.4, -0.2) is 9.97 Å². The standard InChI is InChI=1S/C10H16N2S2/c1-6(2)4-8-7(3)14-10(12-8)5-9(11)13/h6H,4-5H2,1-3H3,(H2,11,13). The molecule has 1 heterocycles. The molecule has 0 fully saturated rings. The molecule has 14 heavy (non-hydrogen) atoms. The maximum Gasteiger partial charge on any atom is 0.0998 e. The van der Waals surface area contributed by atoms with E-state index >= 15 is 0 Å². The minimum atomic E-state index is 0.523. The lowest BCUT2D eigenvalue weighted by molar-refractivity contribution is 0.634. The molecule has 0 spiro atoms. The molecule has 0 radical (unpaired) electrons. The molecule has 1 rings (SSSR count). The summed E-state index contributed by atoms with van der Waals surface area (Å²) in [4.78, 5) is 6.36. The molecule has 0 aromatic carbocycles. The zero-order valence-corrected chi connectivity index (χ0v) is 10.5. The molecule has 0 aliphatic rings. The predicted molar refractivity (Wildman–Crippen MR) is 65.9 cm³/mol. The van der Waals surface area contributed by atoms with E-state index in [1.165, 1.54) is 10.6 Å². The summed E-state index contributed by atoms with van der Waals surface area (Å²) in [5.74, 6) is 0.647. The van der Waals surface area contributed by atoms with Gasteiger partial charge in [0.25, 0.3) is 0 Å². The summed E-state index contributed by atoms with van der Waals surface area (Å²) in [5.41, 5.74) is 6.69. The Morgan fingerprint density at radius 2 is 2.21 bits per heavy atom. The number of aryl methyl sites for hydroxylation is 1. The van der Waals surface area contributed by atoms with Crippen LogP contribution in [0, 0.1) is 12.8 Å². The maximum atomic E-state index is 5.48. The predicted octanol–water partition coefficient (Wildman–Crippen LogP) is 2.48. The Labute approximate surface area is 94.5 Å². The van der Waals surface area contributed by atoms with Gasteiger partial charge in [-0.2, -0.15) is 0 Å². The van der Waals surface area contributed by atoms with E-state index in [4.69, 9.17) is 18.0 Å². The maximum absolute atomic E-state index is 5.48. The monoisotopic (exact) mass is 228 g/mol. The van der Waals surface area contributed by atoms with Crippen LogP contribution in [0.15, 0.2) is 0 Å². The fraction of sp³-hybridized carbons (Fsp3) is 0.600. The number of rotatable bonds is 4. The molecule has 0 saturated heterocycles. The van der Waals surface area contributed by atoms with Crippen molar-refractivity contribution in [2.24, 2.45) is 11.7 Å². The van der Waals surface area contributed by atoms with Gasteiger partial charge in [0.1, 0.15) is 0 Å². The molecule has 4 heteroatoms. The minimum Gasteiger partial charge on any atom is -0.393 e. The largest absolute Gasteiger partial charge is 0.393 e. The SMILES string of the molecule is Cc1sc(CC(N)=S)nc1CC(C)C. The van der Waals surface area contributed by atoms with Crippen LogP contribution in [0.3, 0.4) is 0 Å². The van der Waals surface area contributed by atoms with Gasteiger partial charge in [0.15, 0.2) is 0 Å². The Balaban J connectivity index is 2.76. The summed E-state index contributed by atoms with van der Waals surface area (Å²) in [5, 5.41) is 1.05. The number of hydrogen-bond donors (Lipinski definition) is 1. The number of nitrogens with zero attached hydrogens (tertiary/aromatic N) is 1.